The molecule has 0 amide bonds. The quantitative estimate of drug-likeness (QED) is 0.798. The van der Waals surface area contributed by atoms with Gasteiger partial charge in [0.1, 0.15) is 0 Å². The Bertz CT molecular complexity index is 382. The average molecular weight is 242 g/mol. The van der Waals surface area contributed by atoms with Gasteiger partial charge in [-0.1, -0.05) is 0 Å². The first-order valence-corrected chi connectivity index (χ1v) is 5.35. The number of nitrogens with one attached hydrogen (secondary N) is 2. The van der Waals surface area contributed by atoms with Crippen LogP contribution < -0.4 is 15.4 Å². The monoisotopic (exact) mass is 242 g/mol. The molecule has 2 N–H and O–H groups in total. The molecule has 0 heterocycles. The lowest BCUT2D eigenvalue weighted by Gasteiger charge is -2.13. The summed E-state index contributed by atoms with van der Waals surface area (Å²) in [6, 6.07) is 4.75. The van der Waals surface area contributed by atoms with E-state index in [1.165, 1.54) is 13.2 Å². The second-order valence-electron chi connectivity index (χ2n) is 3.60. The molecule has 5 heteroatoms. The predicted octanol–water partition coefficient (Wildman–Crippen LogP) is 2.53. The second kappa shape index (κ2) is 5.65. The summed E-state index contributed by atoms with van der Waals surface area (Å²) in [5.41, 5.74) is 0.691. The lowest BCUT2D eigenvalue weighted by molar-refractivity contribution is 0.387. The van der Waals surface area contributed by atoms with Crippen LogP contribution in [0.4, 0.5) is 10.1 Å². The SMILES string of the molecule is COc1cc(NC(=S)NC(C)C)ccc1F. The summed E-state index contributed by atoms with van der Waals surface area (Å²) in [7, 11) is 1.42. The number of hydrogen-bond donors (Lipinski definition) is 2. The molecular weight excluding hydrogens is 227 g/mol. The maximum atomic E-state index is 13.1. The molecule has 16 heavy (non-hydrogen) atoms. The van der Waals surface area contributed by atoms with Crippen molar-refractivity contribution in [1.82, 2.24) is 5.32 Å². The Kier molecular flexibility index (Phi) is 4.49. The lowest BCUT2D eigenvalue weighted by Crippen LogP contribution is -2.33. The molecule has 0 spiro atoms. The highest BCUT2D eigenvalue weighted by atomic mass is 32.1. The van der Waals surface area contributed by atoms with Crippen molar-refractivity contribution in [2.24, 2.45) is 0 Å². The molecule has 0 aliphatic carbocycles. The molecule has 0 fully saturated rings. The first-order chi connectivity index (χ1) is 7.52. The maximum Gasteiger partial charge on any atom is 0.170 e. The molecule has 0 radical (unpaired) electrons. The van der Waals surface area contributed by atoms with Gasteiger partial charge in [-0.15, -0.1) is 0 Å². The topological polar surface area (TPSA) is 33.3 Å². The minimum Gasteiger partial charge on any atom is -0.494 e. The van der Waals surface area contributed by atoms with Crippen LogP contribution in [-0.2, 0) is 0 Å². The highest BCUT2D eigenvalue weighted by molar-refractivity contribution is 7.80. The molecule has 1 aromatic carbocycles. The van der Waals surface area contributed by atoms with Gasteiger partial charge in [-0.3, -0.25) is 0 Å². The maximum absolute atomic E-state index is 13.1. The van der Waals surface area contributed by atoms with Crippen LogP contribution in [0.5, 0.6) is 5.75 Å². The zero-order valence-corrected chi connectivity index (χ0v) is 10.3. The van der Waals surface area contributed by atoms with E-state index in [4.69, 9.17) is 17.0 Å². The van der Waals surface area contributed by atoms with Crippen molar-refractivity contribution in [3.05, 3.63) is 24.0 Å². The Balaban J connectivity index is 2.71. The average Bonchev–Trinajstić information content (AvgIpc) is 2.19. The number of anilines is 1. The largest absolute Gasteiger partial charge is 0.494 e. The summed E-state index contributed by atoms with van der Waals surface area (Å²) in [4.78, 5) is 0. The van der Waals surface area contributed by atoms with Crippen LogP contribution in [-0.4, -0.2) is 18.3 Å². The molecule has 0 aliphatic heterocycles. The van der Waals surface area contributed by atoms with Gasteiger partial charge in [-0.2, -0.15) is 0 Å². The second-order valence-corrected chi connectivity index (χ2v) is 4.01. The Labute approximate surface area is 100.0 Å². The first kappa shape index (κ1) is 12.7. The van der Waals surface area contributed by atoms with E-state index in [1.807, 2.05) is 13.8 Å². The van der Waals surface area contributed by atoms with Crippen molar-refractivity contribution < 1.29 is 9.13 Å². The van der Waals surface area contributed by atoms with Crippen molar-refractivity contribution in [3.63, 3.8) is 0 Å². The Morgan fingerprint density at radius 2 is 2.12 bits per heavy atom. The van der Waals surface area contributed by atoms with Crippen molar-refractivity contribution in [1.29, 1.82) is 0 Å². The van der Waals surface area contributed by atoms with E-state index < -0.39 is 5.82 Å². The summed E-state index contributed by atoms with van der Waals surface area (Å²) in [6.07, 6.45) is 0. The van der Waals surface area contributed by atoms with E-state index in [1.54, 1.807) is 12.1 Å². The zero-order valence-electron chi connectivity index (χ0n) is 9.50. The molecule has 0 aromatic heterocycles. The summed E-state index contributed by atoms with van der Waals surface area (Å²) in [6.45, 7) is 3.97. The third kappa shape index (κ3) is 3.66. The van der Waals surface area contributed by atoms with Gasteiger partial charge in [0.25, 0.3) is 0 Å². The smallest absolute Gasteiger partial charge is 0.170 e. The van der Waals surface area contributed by atoms with Crippen LogP contribution in [0.15, 0.2) is 18.2 Å². The zero-order chi connectivity index (χ0) is 12.1. The molecule has 1 aromatic rings. The molecule has 0 atom stereocenters. The predicted molar refractivity (Wildman–Crippen MR) is 67.4 cm³/mol. The summed E-state index contributed by atoms with van der Waals surface area (Å²) < 4.78 is 18.0. The standard InChI is InChI=1S/C11H15FN2OS/c1-7(2)13-11(16)14-8-4-5-9(12)10(6-8)15-3/h4-7H,1-3H3,(H2,13,14,16). The van der Waals surface area contributed by atoms with E-state index >= 15 is 0 Å². The van der Waals surface area contributed by atoms with Gasteiger partial charge in [0.15, 0.2) is 16.7 Å². The number of benzene rings is 1. The highest BCUT2D eigenvalue weighted by Gasteiger charge is 2.05. The third-order valence-corrected chi connectivity index (χ3v) is 2.05. The Hall–Kier alpha value is -1.36. The van der Waals surface area contributed by atoms with Crippen molar-refractivity contribution in [2.75, 3.05) is 12.4 Å². The molecule has 3 nitrogen and oxygen atoms in total. The normalized spacial score (nSPS) is 10.1. The number of methoxy groups -OCH3 is 1. The first-order valence-electron chi connectivity index (χ1n) is 4.94. The number of halogens is 1. The van der Waals surface area contributed by atoms with Gasteiger partial charge in [0.05, 0.1) is 7.11 Å². The Morgan fingerprint density at radius 1 is 1.44 bits per heavy atom. The van der Waals surface area contributed by atoms with Gasteiger partial charge < -0.3 is 15.4 Å². The van der Waals surface area contributed by atoms with Crippen molar-refractivity contribution in [2.45, 2.75) is 19.9 Å². The fourth-order valence-electron chi connectivity index (χ4n) is 1.17. The molecular formula is C11H15FN2OS. The minimum atomic E-state index is -0.393. The van der Waals surface area contributed by atoms with Gasteiger partial charge >= 0.3 is 0 Å². The van der Waals surface area contributed by atoms with Crippen LogP contribution in [0.3, 0.4) is 0 Å². The van der Waals surface area contributed by atoms with E-state index in [9.17, 15) is 4.39 Å². The van der Waals surface area contributed by atoms with Crippen LogP contribution in [0, 0.1) is 5.82 Å². The molecule has 0 saturated carbocycles. The van der Waals surface area contributed by atoms with Crippen LogP contribution >= 0.6 is 12.2 Å². The van der Waals surface area contributed by atoms with Gasteiger partial charge in [0.2, 0.25) is 0 Å². The summed E-state index contributed by atoms with van der Waals surface area (Å²) >= 11 is 5.07. The third-order valence-electron chi connectivity index (χ3n) is 1.83. The number of hydrogen-bond acceptors (Lipinski definition) is 2. The van der Waals surface area contributed by atoms with Crippen LogP contribution in [0.25, 0.3) is 0 Å². The van der Waals surface area contributed by atoms with Gasteiger partial charge in [-0.05, 0) is 38.2 Å². The van der Waals surface area contributed by atoms with Crippen LogP contribution in [0.2, 0.25) is 0 Å². The highest BCUT2D eigenvalue weighted by Crippen LogP contribution is 2.21. The van der Waals surface area contributed by atoms with E-state index in [0.717, 1.165) is 0 Å². The van der Waals surface area contributed by atoms with Crippen molar-refractivity contribution >= 4 is 23.0 Å². The summed E-state index contributed by atoms with van der Waals surface area (Å²) in [5.74, 6) is -0.201. The fraction of sp³-hybridized carbons (Fsp3) is 0.364. The summed E-state index contributed by atoms with van der Waals surface area (Å²) in [5, 5.41) is 6.48. The molecule has 88 valence electrons. The van der Waals surface area contributed by atoms with E-state index in [2.05, 4.69) is 10.6 Å². The Morgan fingerprint density at radius 3 is 2.69 bits per heavy atom. The van der Waals surface area contributed by atoms with E-state index in [-0.39, 0.29) is 11.8 Å². The number of rotatable bonds is 3. The lowest BCUT2D eigenvalue weighted by atomic mass is 10.3. The van der Waals surface area contributed by atoms with Crippen molar-refractivity contribution in [3.8, 4) is 5.75 Å². The molecule has 0 saturated heterocycles. The molecule has 0 bridgehead atoms. The number of thiocarbonyl (C=S) groups is 1. The molecule has 0 unspecified atom stereocenters. The van der Waals surface area contributed by atoms with E-state index in [0.29, 0.717) is 10.8 Å². The van der Waals surface area contributed by atoms with Gasteiger partial charge in [0, 0.05) is 17.8 Å². The number of ether oxygens (including phenoxy) is 1. The fourth-order valence-corrected chi connectivity index (χ4v) is 1.52. The van der Waals surface area contributed by atoms with Crippen LogP contribution in [0.1, 0.15) is 13.8 Å². The van der Waals surface area contributed by atoms with Gasteiger partial charge in [-0.25, -0.2) is 4.39 Å². The minimum absolute atomic E-state index is 0.192. The molecule has 0 aliphatic rings. The molecule has 1 rings (SSSR count).